The van der Waals surface area contributed by atoms with E-state index < -0.39 is 35.3 Å². The summed E-state index contributed by atoms with van der Waals surface area (Å²) in [5, 5.41) is 13.1. The van der Waals surface area contributed by atoms with Crippen LogP contribution in [0.15, 0.2) is 42.5 Å². The second-order valence-corrected chi connectivity index (χ2v) is 5.32. The van der Waals surface area contributed by atoms with Crippen molar-refractivity contribution in [1.82, 2.24) is 5.32 Å². The van der Waals surface area contributed by atoms with Crippen molar-refractivity contribution in [2.75, 3.05) is 0 Å². The summed E-state index contributed by atoms with van der Waals surface area (Å²) in [6, 6.07) is 8.39. The molecule has 0 radical (unpaired) electrons. The molecule has 3 nitrogen and oxygen atoms in total. The van der Waals surface area contributed by atoms with Crippen LogP contribution in [-0.2, 0) is 0 Å². The summed E-state index contributed by atoms with van der Waals surface area (Å²) in [5.74, 6) is -2.33. The molecule has 0 aromatic heterocycles. The lowest BCUT2D eigenvalue weighted by atomic mass is 10.0. The van der Waals surface area contributed by atoms with Crippen molar-refractivity contribution in [3.63, 3.8) is 0 Å². The maximum absolute atomic E-state index is 13.5. The average Bonchev–Trinajstić information content (AvgIpc) is 2.49. The van der Waals surface area contributed by atoms with E-state index in [0.29, 0.717) is 10.6 Å². The number of rotatable bonds is 4. The predicted octanol–water partition coefficient (Wildman–Crippen LogP) is 3.47. The summed E-state index contributed by atoms with van der Waals surface area (Å²) >= 11 is 5.76. The number of aliphatic hydroxyl groups is 1. The molecule has 0 aliphatic rings. The van der Waals surface area contributed by atoms with Gasteiger partial charge in [0.05, 0.1) is 17.7 Å². The van der Waals surface area contributed by atoms with Crippen molar-refractivity contribution >= 4 is 17.5 Å². The Bertz CT molecular complexity index is 676. The van der Waals surface area contributed by atoms with E-state index in [-0.39, 0.29) is 0 Å². The maximum atomic E-state index is 13.5. The molecule has 1 amide bonds. The van der Waals surface area contributed by atoms with E-state index in [2.05, 4.69) is 5.32 Å². The fourth-order valence-corrected chi connectivity index (χ4v) is 2.11. The van der Waals surface area contributed by atoms with E-state index in [1.54, 1.807) is 31.2 Å². The molecule has 0 aliphatic heterocycles. The second-order valence-electron chi connectivity index (χ2n) is 4.88. The standard InChI is InChI=1S/C16H14ClF2NO2/c1-9(15(21)10-2-4-11(17)5-3-10)20-16(22)13-8-12(18)6-7-14(13)19/h2-9,15,21H,1H3,(H,20,22). The Morgan fingerprint density at radius 3 is 2.45 bits per heavy atom. The molecular formula is C16H14ClF2NO2. The minimum absolute atomic E-state index is 0.407. The van der Waals surface area contributed by atoms with E-state index in [9.17, 15) is 18.7 Å². The Morgan fingerprint density at radius 1 is 1.18 bits per heavy atom. The Hall–Kier alpha value is -1.98. The third-order valence-electron chi connectivity index (χ3n) is 3.22. The van der Waals surface area contributed by atoms with Crippen LogP contribution in [0.2, 0.25) is 5.02 Å². The van der Waals surface area contributed by atoms with Gasteiger partial charge in [0, 0.05) is 5.02 Å². The molecule has 116 valence electrons. The lowest BCUT2D eigenvalue weighted by Crippen LogP contribution is -2.37. The van der Waals surface area contributed by atoms with Crippen LogP contribution in [0.5, 0.6) is 0 Å². The van der Waals surface area contributed by atoms with Gasteiger partial charge in [-0.25, -0.2) is 8.78 Å². The first-order valence-electron chi connectivity index (χ1n) is 6.58. The third-order valence-corrected chi connectivity index (χ3v) is 3.47. The minimum atomic E-state index is -1.00. The van der Waals surface area contributed by atoms with Crippen LogP contribution in [0.1, 0.15) is 28.9 Å². The quantitative estimate of drug-likeness (QED) is 0.904. The number of hydrogen-bond acceptors (Lipinski definition) is 2. The highest BCUT2D eigenvalue weighted by Gasteiger charge is 2.21. The molecule has 2 N–H and O–H groups in total. The normalized spacial score (nSPS) is 13.5. The molecule has 0 bridgehead atoms. The average molecular weight is 326 g/mol. The van der Waals surface area contributed by atoms with Gasteiger partial charge in [-0.15, -0.1) is 0 Å². The number of hydrogen-bond donors (Lipinski definition) is 2. The molecular weight excluding hydrogens is 312 g/mol. The van der Waals surface area contributed by atoms with Crippen LogP contribution in [0.3, 0.4) is 0 Å². The number of carbonyl (C=O) groups is 1. The highest BCUT2D eigenvalue weighted by Crippen LogP contribution is 2.20. The van der Waals surface area contributed by atoms with Crippen molar-refractivity contribution < 1.29 is 18.7 Å². The molecule has 0 fully saturated rings. The van der Waals surface area contributed by atoms with Crippen molar-refractivity contribution in [2.45, 2.75) is 19.1 Å². The van der Waals surface area contributed by atoms with Gasteiger partial charge in [-0.2, -0.15) is 0 Å². The molecule has 2 atom stereocenters. The van der Waals surface area contributed by atoms with Crippen LogP contribution in [0.4, 0.5) is 8.78 Å². The first kappa shape index (κ1) is 16.4. The minimum Gasteiger partial charge on any atom is -0.386 e. The summed E-state index contributed by atoms with van der Waals surface area (Å²) in [6.07, 6.45) is -1.00. The van der Waals surface area contributed by atoms with Crippen LogP contribution in [-0.4, -0.2) is 17.1 Å². The van der Waals surface area contributed by atoms with Crippen molar-refractivity contribution in [2.24, 2.45) is 0 Å². The van der Waals surface area contributed by atoms with Crippen LogP contribution in [0.25, 0.3) is 0 Å². The Labute approximate surface area is 131 Å². The zero-order chi connectivity index (χ0) is 16.3. The highest BCUT2D eigenvalue weighted by molar-refractivity contribution is 6.30. The molecule has 2 aromatic rings. The summed E-state index contributed by atoms with van der Waals surface area (Å²) in [4.78, 5) is 12.0. The van der Waals surface area contributed by atoms with Crippen molar-refractivity contribution in [3.05, 3.63) is 70.2 Å². The lowest BCUT2D eigenvalue weighted by molar-refractivity contribution is 0.0847. The third kappa shape index (κ3) is 3.81. The van der Waals surface area contributed by atoms with E-state index in [4.69, 9.17) is 11.6 Å². The number of benzene rings is 2. The second kappa shape index (κ2) is 6.85. The highest BCUT2D eigenvalue weighted by atomic mass is 35.5. The van der Waals surface area contributed by atoms with Crippen molar-refractivity contribution in [3.8, 4) is 0 Å². The Balaban J connectivity index is 2.10. The van der Waals surface area contributed by atoms with Gasteiger partial charge in [-0.3, -0.25) is 4.79 Å². The van der Waals surface area contributed by atoms with Gasteiger partial charge in [0.25, 0.3) is 5.91 Å². The maximum Gasteiger partial charge on any atom is 0.254 e. The van der Waals surface area contributed by atoms with Gasteiger partial charge in [-0.1, -0.05) is 23.7 Å². The molecule has 2 rings (SSSR count). The smallest absolute Gasteiger partial charge is 0.254 e. The first-order valence-corrected chi connectivity index (χ1v) is 6.95. The van der Waals surface area contributed by atoms with Crippen LogP contribution in [0, 0.1) is 11.6 Å². The zero-order valence-corrected chi connectivity index (χ0v) is 12.4. The summed E-state index contributed by atoms with van der Waals surface area (Å²) < 4.78 is 26.6. The van der Waals surface area contributed by atoms with Gasteiger partial charge < -0.3 is 10.4 Å². The molecule has 6 heteroatoms. The SMILES string of the molecule is CC(NC(=O)c1cc(F)ccc1F)C(O)c1ccc(Cl)cc1. The molecule has 2 aromatic carbocycles. The monoisotopic (exact) mass is 325 g/mol. The molecule has 0 heterocycles. The largest absolute Gasteiger partial charge is 0.386 e. The fourth-order valence-electron chi connectivity index (χ4n) is 1.98. The van der Waals surface area contributed by atoms with Crippen LogP contribution < -0.4 is 5.32 Å². The first-order chi connectivity index (χ1) is 10.4. The fraction of sp³-hybridized carbons (Fsp3) is 0.188. The number of carbonyl (C=O) groups excluding carboxylic acids is 1. The summed E-state index contributed by atoms with van der Waals surface area (Å²) in [5.41, 5.74) is 0.145. The molecule has 2 unspecified atom stereocenters. The number of halogens is 3. The topological polar surface area (TPSA) is 49.3 Å². The van der Waals surface area contributed by atoms with Gasteiger partial charge in [0.2, 0.25) is 0 Å². The number of aliphatic hydroxyl groups excluding tert-OH is 1. The van der Waals surface area contributed by atoms with Gasteiger partial charge in [0.15, 0.2) is 0 Å². The summed E-state index contributed by atoms with van der Waals surface area (Å²) in [6.45, 7) is 1.56. The molecule has 0 aliphatic carbocycles. The predicted molar refractivity (Wildman–Crippen MR) is 79.7 cm³/mol. The summed E-state index contributed by atoms with van der Waals surface area (Å²) in [7, 11) is 0. The Kier molecular flexibility index (Phi) is 5.11. The number of amides is 1. The van der Waals surface area contributed by atoms with Gasteiger partial charge in [0.1, 0.15) is 11.6 Å². The molecule has 0 saturated heterocycles. The van der Waals surface area contributed by atoms with Crippen LogP contribution >= 0.6 is 11.6 Å². The van der Waals surface area contributed by atoms with E-state index in [1.807, 2.05) is 0 Å². The van der Waals surface area contributed by atoms with Gasteiger partial charge >= 0.3 is 0 Å². The number of nitrogens with one attached hydrogen (secondary N) is 1. The van der Waals surface area contributed by atoms with E-state index in [1.165, 1.54) is 0 Å². The van der Waals surface area contributed by atoms with E-state index in [0.717, 1.165) is 18.2 Å². The van der Waals surface area contributed by atoms with Crippen molar-refractivity contribution in [1.29, 1.82) is 0 Å². The molecule has 0 spiro atoms. The molecule has 0 saturated carbocycles. The lowest BCUT2D eigenvalue weighted by Gasteiger charge is -2.21. The van der Waals surface area contributed by atoms with Gasteiger partial charge in [-0.05, 0) is 42.8 Å². The molecule has 22 heavy (non-hydrogen) atoms. The zero-order valence-electron chi connectivity index (χ0n) is 11.7. The Morgan fingerprint density at radius 2 is 1.82 bits per heavy atom. The van der Waals surface area contributed by atoms with E-state index >= 15 is 0 Å².